The van der Waals surface area contributed by atoms with Gasteiger partial charge in [-0.1, -0.05) is 26.8 Å². The van der Waals surface area contributed by atoms with Gasteiger partial charge in [-0.15, -0.1) is 0 Å². The van der Waals surface area contributed by atoms with E-state index in [0.717, 1.165) is 5.56 Å². The molecule has 0 fully saturated rings. The lowest BCUT2D eigenvalue weighted by molar-refractivity contribution is 0.561. The van der Waals surface area contributed by atoms with Gasteiger partial charge in [0.2, 0.25) is 0 Å². The molecule has 3 nitrogen and oxygen atoms in total. The quantitative estimate of drug-likeness (QED) is 0.456. The molecule has 0 aliphatic heterocycles. The molecular formula is C13H17NO2S. The van der Waals surface area contributed by atoms with Crippen molar-refractivity contribution in [1.82, 2.24) is 5.32 Å². The van der Waals surface area contributed by atoms with Gasteiger partial charge in [0.25, 0.3) is 0 Å². The molecule has 0 aliphatic rings. The molecule has 0 spiro atoms. The van der Waals surface area contributed by atoms with Crippen LogP contribution in [0.15, 0.2) is 23.1 Å². The Labute approximate surface area is 105 Å². The van der Waals surface area contributed by atoms with Crippen molar-refractivity contribution in [1.29, 1.82) is 0 Å². The Kier molecular flexibility index (Phi) is 4.33. The first-order chi connectivity index (χ1) is 7.86. The van der Waals surface area contributed by atoms with Crippen molar-refractivity contribution in [3.63, 3.8) is 0 Å². The smallest absolute Gasteiger partial charge is 0.187 e. The Balaban J connectivity index is 3.32. The zero-order valence-electron chi connectivity index (χ0n) is 10.5. The fourth-order valence-electron chi connectivity index (χ4n) is 1.37. The molecule has 0 aromatic heterocycles. The highest BCUT2D eigenvalue weighted by Gasteiger charge is 2.16. The summed E-state index contributed by atoms with van der Waals surface area (Å²) >= 11 is -2.02. The van der Waals surface area contributed by atoms with Crippen LogP contribution in [0.4, 0.5) is 0 Å². The van der Waals surface area contributed by atoms with Crippen LogP contribution in [0.2, 0.25) is 0 Å². The maximum absolute atomic E-state index is 11.3. The minimum absolute atomic E-state index is 0.0525. The molecule has 0 amide bonds. The summed E-state index contributed by atoms with van der Waals surface area (Å²) in [5.41, 5.74) is 1.54. The Bertz CT molecular complexity index is 492. The number of benzene rings is 1. The van der Waals surface area contributed by atoms with Gasteiger partial charge in [0, 0.05) is 18.7 Å². The Morgan fingerprint density at radius 1 is 1.35 bits per heavy atom. The van der Waals surface area contributed by atoms with Crippen LogP contribution in [-0.2, 0) is 16.5 Å². The standard InChI is InChI=1S/C13H17NO2S/c1-13(2,3)11-6-5-10(7-8-14-4)12(9-11)17(15)16/h5-6,9,14H,1-4H3,(H,15,16). The lowest BCUT2D eigenvalue weighted by Crippen LogP contribution is -2.12. The summed E-state index contributed by atoms with van der Waals surface area (Å²) in [6.07, 6.45) is 0. The van der Waals surface area contributed by atoms with Gasteiger partial charge in [0.15, 0.2) is 11.1 Å². The number of nitrogens with one attached hydrogen (secondary N) is 1. The van der Waals surface area contributed by atoms with Gasteiger partial charge < -0.3 is 9.87 Å². The van der Waals surface area contributed by atoms with Crippen molar-refractivity contribution in [2.24, 2.45) is 0 Å². The van der Waals surface area contributed by atoms with E-state index in [9.17, 15) is 8.76 Å². The van der Waals surface area contributed by atoms with Crippen LogP contribution in [0.3, 0.4) is 0 Å². The highest BCUT2D eigenvalue weighted by molar-refractivity contribution is 7.79. The summed E-state index contributed by atoms with van der Waals surface area (Å²) in [5, 5.41) is 2.69. The second-order valence-corrected chi connectivity index (χ2v) is 5.65. The summed E-state index contributed by atoms with van der Waals surface area (Å²) in [5.74, 6) is 2.81. The van der Waals surface area contributed by atoms with Crippen LogP contribution in [0, 0.1) is 12.0 Å². The van der Waals surface area contributed by atoms with Crippen molar-refractivity contribution in [2.75, 3.05) is 7.05 Å². The highest BCUT2D eigenvalue weighted by atomic mass is 32.2. The molecule has 0 saturated carbocycles. The lowest BCUT2D eigenvalue weighted by atomic mass is 9.87. The average molecular weight is 251 g/mol. The summed E-state index contributed by atoms with van der Waals surface area (Å²) < 4.78 is 20.6. The molecule has 1 unspecified atom stereocenters. The fraction of sp³-hybridized carbons (Fsp3) is 0.385. The van der Waals surface area contributed by atoms with Crippen molar-refractivity contribution < 1.29 is 8.76 Å². The molecule has 0 aliphatic carbocycles. The first-order valence-corrected chi connectivity index (χ1v) is 6.40. The largest absolute Gasteiger partial charge is 0.349 e. The second kappa shape index (κ2) is 5.35. The third-order valence-electron chi connectivity index (χ3n) is 2.36. The number of hydrogen-bond acceptors (Lipinski definition) is 2. The molecule has 1 atom stereocenters. The Hall–Kier alpha value is -1.31. The van der Waals surface area contributed by atoms with Crippen molar-refractivity contribution in [3.05, 3.63) is 29.3 Å². The summed E-state index contributed by atoms with van der Waals surface area (Å²) in [6, 6.07) is 8.14. The molecule has 17 heavy (non-hydrogen) atoms. The maximum atomic E-state index is 11.3. The van der Waals surface area contributed by atoms with Crippen molar-refractivity contribution in [3.8, 4) is 12.0 Å². The van der Waals surface area contributed by atoms with E-state index in [4.69, 9.17) is 0 Å². The van der Waals surface area contributed by atoms with Gasteiger partial charge in [0.05, 0.1) is 4.90 Å². The molecule has 2 N–H and O–H groups in total. The Morgan fingerprint density at radius 3 is 2.47 bits per heavy atom. The van der Waals surface area contributed by atoms with E-state index in [1.54, 1.807) is 19.2 Å². The number of rotatable bonds is 1. The molecule has 4 heteroatoms. The fourth-order valence-corrected chi connectivity index (χ4v) is 1.90. The summed E-state index contributed by atoms with van der Waals surface area (Å²) in [6.45, 7) is 6.18. The Morgan fingerprint density at radius 2 is 2.00 bits per heavy atom. The van der Waals surface area contributed by atoms with Crippen LogP contribution < -0.4 is 5.32 Å². The molecule has 92 valence electrons. The van der Waals surface area contributed by atoms with Crippen molar-refractivity contribution in [2.45, 2.75) is 31.1 Å². The first-order valence-electron chi connectivity index (χ1n) is 5.29. The van der Waals surface area contributed by atoms with E-state index in [1.165, 1.54) is 0 Å². The first kappa shape index (κ1) is 13.8. The van der Waals surface area contributed by atoms with E-state index in [0.29, 0.717) is 10.5 Å². The molecule has 1 rings (SSSR count). The van der Waals surface area contributed by atoms with Crippen molar-refractivity contribution >= 4 is 11.1 Å². The second-order valence-electron chi connectivity index (χ2n) is 4.71. The van der Waals surface area contributed by atoms with Gasteiger partial charge in [-0.3, -0.25) is 0 Å². The molecule has 0 bridgehead atoms. The molecule has 0 radical (unpaired) electrons. The average Bonchev–Trinajstić information content (AvgIpc) is 2.24. The molecular weight excluding hydrogens is 234 g/mol. The van der Waals surface area contributed by atoms with Crippen LogP contribution in [0.5, 0.6) is 0 Å². The van der Waals surface area contributed by atoms with E-state index >= 15 is 0 Å². The van der Waals surface area contributed by atoms with E-state index in [2.05, 4.69) is 38.1 Å². The minimum Gasteiger partial charge on any atom is -0.349 e. The highest BCUT2D eigenvalue weighted by Crippen LogP contribution is 2.25. The van der Waals surface area contributed by atoms with Crippen LogP contribution in [0.25, 0.3) is 0 Å². The van der Waals surface area contributed by atoms with Gasteiger partial charge in [-0.25, -0.2) is 4.21 Å². The van der Waals surface area contributed by atoms with E-state index < -0.39 is 11.1 Å². The normalized spacial score (nSPS) is 12.5. The van der Waals surface area contributed by atoms with Crippen LogP contribution in [0.1, 0.15) is 31.9 Å². The zero-order valence-corrected chi connectivity index (χ0v) is 11.3. The predicted octanol–water partition coefficient (Wildman–Crippen LogP) is 2.09. The van der Waals surface area contributed by atoms with Gasteiger partial charge in [-0.2, -0.15) is 0 Å². The third kappa shape index (κ3) is 3.58. The van der Waals surface area contributed by atoms with Gasteiger partial charge in [-0.05, 0) is 29.0 Å². The SMILES string of the molecule is CNC#Cc1ccc(C(C)(C)C)cc1S(=O)O. The third-order valence-corrected chi connectivity index (χ3v) is 3.07. The summed E-state index contributed by atoms with van der Waals surface area (Å²) in [4.78, 5) is 0.361. The van der Waals surface area contributed by atoms with Crippen LogP contribution >= 0.6 is 0 Å². The molecule has 1 aromatic rings. The van der Waals surface area contributed by atoms with Crippen LogP contribution in [-0.4, -0.2) is 15.8 Å². The minimum atomic E-state index is -2.02. The lowest BCUT2D eigenvalue weighted by Gasteiger charge is -2.19. The molecule has 1 aromatic carbocycles. The van der Waals surface area contributed by atoms with Gasteiger partial charge in [0.1, 0.15) is 0 Å². The molecule has 0 saturated heterocycles. The van der Waals surface area contributed by atoms with E-state index in [1.807, 2.05) is 6.07 Å². The number of hydrogen-bond donors (Lipinski definition) is 2. The van der Waals surface area contributed by atoms with Gasteiger partial charge >= 0.3 is 0 Å². The van der Waals surface area contributed by atoms with E-state index in [-0.39, 0.29) is 5.41 Å². The maximum Gasteiger partial charge on any atom is 0.187 e. The summed E-state index contributed by atoms with van der Waals surface area (Å²) in [7, 11) is 1.70. The monoisotopic (exact) mass is 251 g/mol. The topological polar surface area (TPSA) is 49.3 Å². The zero-order chi connectivity index (χ0) is 13.1. The predicted molar refractivity (Wildman–Crippen MR) is 70.1 cm³/mol. The molecule has 0 heterocycles.